The smallest absolute Gasteiger partial charge is 0.273 e. The number of amides is 1. The topological polar surface area (TPSA) is 64.4 Å². The Labute approximate surface area is 82.4 Å². The summed E-state index contributed by atoms with van der Waals surface area (Å²) in [5.41, 5.74) is 0.283. The Bertz CT molecular complexity index is 307. The molecule has 78 valence electrons. The third-order valence-electron chi connectivity index (χ3n) is 1.50. The summed E-state index contributed by atoms with van der Waals surface area (Å²) in [6.07, 6.45) is 0. The predicted octanol–water partition coefficient (Wildman–Crippen LogP) is 0.959. The van der Waals surface area contributed by atoms with E-state index in [4.69, 9.17) is 9.26 Å². The Hall–Kier alpha value is -1.36. The molecule has 0 saturated heterocycles. The van der Waals surface area contributed by atoms with Crippen LogP contribution in [0.5, 0.6) is 0 Å². The van der Waals surface area contributed by atoms with Crippen LogP contribution in [0.25, 0.3) is 0 Å². The van der Waals surface area contributed by atoms with Gasteiger partial charge in [-0.1, -0.05) is 5.16 Å². The highest BCUT2D eigenvalue weighted by atomic mass is 16.5. The van der Waals surface area contributed by atoms with Crippen molar-refractivity contribution in [2.75, 3.05) is 7.11 Å². The quantitative estimate of drug-likeness (QED) is 0.782. The SMILES string of the molecule is COCc1cc(C(=O)NC(C)C)no1. The molecule has 0 aliphatic rings. The Morgan fingerprint density at radius 2 is 2.43 bits per heavy atom. The number of nitrogens with one attached hydrogen (secondary N) is 1. The van der Waals surface area contributed by atoms with Crippen molar-refractivity contribution in [1.29, 1.82) is 0 Å². The minimum Gasteiger partial charge on any atom is -0.377 e. The number of nitrogens with zero attached hydrogens (tertiary/aromatic N) is 1. The van der Waals surface area contributed by atoms with Crippen LogP contribution in [0.1, 0.15) is 30.1 Å². The fourth-order valence-corrected chi connectivity index (χ4v) is 0.966. The summed E-state index contributed by atoms with van der Waals surface area (Å²) >= 11 is 0. The number of ether oxygens (including phenoxy) is 1. The molecular weight excluding hydrogens is 184 g/mol. The van der Waals surface area contributed by atoms with E-state index >= 15 is 0 Å². The summed E-state index contributed by atoms with van der Waals surface area (Å²) in [4.78, 5) is 11.4. The van der Waals surface area contributed by atoms with Gasteiger partial charge in [0.15, 0.2) is 11.5 Å². The van der Waals surface area contributed by atoms with E-state index in [9.17, 15) is 4.79 Å². The van der Waals surface area contributed by atoms with Gasteiger partial charge in [-0.25, -0.2) is 0 Å². The van der Waals surface area contributed by atoms with E-state index in [1.165, 1.54) is 0 Å². The summed E-state index contributed by atoms with van der Waals surface area (Å²) in [7, 11) is 1.55. The first-order valence-electron chi connectivity index (χ1n) is 4.39. The van der Waals surface area contributed by atoms with Crippen LogP contribution >= 0.6 is 0 Å². The van der Waals surface area contributed by atoms with Gasteiger partial charge in [0.1, 0.15) is 6.61 Å². The van der Waals surface area contributed by atoms with Gasteiger partial charge in [-0.15, -0.1) is 0 Å². The van der Waals surface area contributed by atoms with E-state index in [1.807, 2.05) is 13.8 Å². The van der Waals surface area contributed by atoms with Crippen LogP contribution in [0.2, 0.25) is 0 Å². The molecule has 0 aliphatic carbocycles. The zero-order valence-corrected chi connectivity index (χ0v) is 8.53. The van der Waals surface area contributed by atoms with Crippen molar-refractivity contribution in [1.82, 2.24) is 10.5 Å². The van der Waals surface area contributed by atoms with Crippen LogP contribution in [0.15, 0.2) is 10.6 Å². The molecule has 1 heterocycles. The Kier molecular flexibility index (Phi) is 3.64. The van der Waals surface area contributed by atoms with E-state index in [0.717, 1.165) is 0 Å². The van der Waals surface area contributed by atoms with Crippen molar-refractivity contribution < 1.29 is 14.1 Å². The second-order valence-electron chi connectivity index (χ2n) is 3.24. The molecule has 1 rings (SSSR count). The largest absolute Gasteiger partial charge is 0.377 e. The summed E-state index contributed by atoms with van der Waals surface area (Å²) in [5.74, 6) is 0.313. The summed E-state index contributed by atoms with van der Waals surface area (Å²) < 4.78 is 9.71. The molecule has 0 fully saturated rings. The van der Waals surface area contributed by atoms with Crippen LogP contribution < -0.4 is 5.32 Å². The lowest BCUT2D eigenvalue weighted by molar-refractivity contribution is 0.0933. The second kappa shape index (κ2) is 4.76. The Balaban J connectivity index is 2.62. The third kappa shape index (κ3) is 2.85. The molecule has 1 aromatic rings. The number of hydrogen-bond donors (Lipinski definition) is 1. The van der Waals surface area contributed by atoms with Gasteiger partial charge in [-0.2, -0.15) is 0 Å². The second-order valence-corrected chi connectivity index (χ2v) is 3.24. The summed E-state index contributed by atoms with van der Waals surface area (Å²) in [6, 6.07) is 1.66. The van der Waals surface area contributed by atoms with E-state index in [0.29, 0.717) is 12.4 Å². The number of aromatic nitrogens is 1. The fraction of sp³-hybridized carbons (Fsp3) is 0.556. The minimum atomic E-state index is -0.230. The highest BCUT2D eigenvalue weighted by Crippen LogP contribution is 2.04. The minimum absolute atomic E-state index is 0.0880. The molecule has 0 aliphatic heterocycles. The van der Waals surface area contributed by atoms with Crippen LogP contribution in [-0.4, -0.2) is 24.2 Å². The average molecular weight is 198 g/mol. The highest BCUT2D eigenvalue weighted by Gasteiger charge is 2.12. The number of methoxy groups -OCH3 is 1. The van der Waals surface area contributed by atoms with Crippen molar-refractivity contribution in [3.05, 3.63) is 17.5 Å². The molecule has 0 atom stereocenters. The van der Waals surface area contributed by atoms with Crippen molar-refractivity contribution in [2.45, 2.75) is 26.5 Å². The van der Waals surface area contributed by atoms with Gasteiger partial charge >= 0.3 is 0 Å². The molecule has 0 spiro atoms. The molecule has 0 unspecified atom stereocenters. The molecule has 1 N–H and O–H groups in total. The van der Waals surface area contributed by atoms with E-state index in [-0.39, 0.29) is 17.6 Å². The molecule has 0 bridgehead atoms. The van der Waals surface area contributed by atoms with Gasteiger partial charge < -0.3 is 14.6 Å². The van der Waals surface area contributed by atoms with Crippen molar-refractivity contribution in [3.8, 4) is 0 Å². The first-order valence-corrected chi connectivity index (χ1v) is 4.39. The standard InChI is InChI=1S/C9H14N2O3/c1-6(2)10-9(12)8-4-7(5-13-3)14-11-8/h4,6H,5H2,1-3H3,(H,10,12). The molecule has 1 aromatic heterocycles. The van der Waals surface area contributed by atoms with Crippen LogP contribution in [0.3, 0.4) is 0 Å². The molecule has 0 aromatic carbocycles. The number of hydrogen-bond acceptors (Lipinski definition) is 4. The Morgan fingerprint density at radius 3 is 3.00 bits per heavy atom. The first kappa shape index (κ1) is 10.7. The lowest BCUT2D eigenvalue weighted by Crippen LogP contribution is -2.30. The van der Waals surface area contributed by atoms with E-state index < -0.39 is 0 Å². The molecule has 5 heteroatoms. The van der Waals surface area contributed by atoms with Gasteiger partial charge in [0, 0.05) is 19.2 Å². The maximum Gasteiger partial charge on any atom is 0.273 e. The average Bonchev–Trinajstić information content (AvgIpc) is 2.52. The zero-order valence-electron chi connectivity index (χ0n) is 8.53. The van der Waals surface area contributed by atoms with Gasteiger partial charge in [0.05, 0.1) is 0 Å². The van der Waals surface area contributed by atoms with Crippen LogP contribution in [0, 0.1) is 0 Å². The lowest BCUT2D eigenvalue weighted by atomic mass is 10.3. The van der Waals surface area contributed by atoms with Crippen molar-refractivity contribution in [2.24, 2.45) is 0 Å². The van der Waals surface area contributed by atoms with Crippen molar-refractivity contribution in [3.63, 3.8) is 0 Å². The van der Waals surface area contributed by atoms with E-state index in [2.05, 4.69) is 10.5 Å². The summed E-state index contributed by atoms with van der Waals surface area (Å²) in [5, 5.41) is 6.33. The monoisotopic (exact) mass is 198 g/mol. The van der Waals surface area contributed by atoms with Gasteiger partial charge in [-0.05, 0) is 13.8 Å². The molecule has 1 amide bonds. The maximum atomic E-state index is 11.4. The van der Waals surface area contributed by atoms with Crippen molar-refractivity contribution >= 4 is 5.91 Å². The lowest BCUT2D eigenvalue weighted by Gasteiger charge is -2.04. The van der Waals surface area contributed by atoms with Gasteiger partial charge in [-0.3, -0.25) is 4.79 Å². The number of carbonyl (C=O) groups is 1. The third-order valence-corrected chi connectivity index (χ3v) is 1.50. The zero-order chi connectivity index (χ0) is 10.6. The fourth-order valence-electron chi connectivity index (χ4n) is 0.966. The maximum absolute atomic E-state index is 11.4. The van der Waals surface area contributed by atoms with Crippen LogP contribution in [0.4, 0.5) is 0 Å². The van der Waals surface area contributed by atoms with Crippen LogP contribution in [-0.2, 0) is 11.3 Å². The van der Waals surface area contributed by atoms with E-state index in [1.54, 1.807) is 13.2 Å². The van der Waals surface area contributed by atoms with Gasteiger partial charge in [0.25, 0.3) is 5.91 Å². The number of carbonyl (C=O) groups excluding carboxylic acids is 1. The molecular formula is C9H14N2O3. The molecule has 5 nitrogen and oxygen atoms in total. The highest BCUT2D eigenvalue weighted by molar-refractivity contribution is 5.92. The van der Waals surface area contributed by atoms with Gasteiger partial charge in [0.2, 0.25) is 0 Å². The summed E-state index contributed by atoms with van der Waals surface area (Å²) in [6.45, 7) is 4.09. The molecule has 0 radical (unpaired) electrons. The first-order chi connectivity index (χ1) is 6.63. The molecule has 14 heavy (non-hydrogen) atoms. The predicted molar refractivity (Wildman–Crippen MR) is 49.8 cm³/mol. The normalized spacial score (nSPS) is 10.6. The number of rotatable bonds is 4. The molecule has 0 saturated carbocycles. The Morgan fingerprint density at radius 1 is 1.71 bits per heavy atom.